The van der Waals surface area contributed by atoms with Crippen LogP contribution in [0.5, 0.6) is 0 Å². The maximum atomic E-state index is 13.4. The minimum absolute atomic E-state index is 0.00181. The van der Waals surface area contributed by atoms with Gasteiger partial charge in [0, 0.05) is 17.4 Å². The zero-order chi connectivity index (χ0) is 11.5. The van der Waals surface area contributed by atoms with Crippen LogP contribution in [0.15, 0.2) is 18.2 Å². The fourth-order valence-corrected chi connectivity index (χ4v) is 2.83. The first-order chi connectivity index (χ1) is 7.66. The third kappa shape index (κ3) is 2.47. The molecule has 1 unspecified atom stereocenters. The van der Waals surface area contributed by atoms with Crippen molar-refractivity contribution in [2.45, 2.75) is 6.42 Å². The van der Waals surface area contributed by atoms with Gasteiger partial charge in [0.15, 0.2) is 0 Å². The maximum Gasteiger partial charge on any atom is 0.228 e. The Morgan fingerprint density at radius 2 is 2.38 bits per heavy atom. The predicted octanol–water partition coefficient (Wildman–Crippen LogP) is 2.10. The van der Waals surface area contributed by atoms with Gasteiger partial charge in [-0.3, -0.25) is 4.79 Å². The van der Waals surface area contributed by atoms with Gasteiger partial charge >= 0.3 is 0 Å². The summed E-state index contributed by atoms with van der Waals surface area (Å²) in [5, 5.41) is 2.60. The van der Waals surface area contributed by atoms with Gasteiger partial charge in [0.2, 0.25) is 5.91 Å². The quantitative estimate of drug-likeness (QED) is 0.778. The van der Waals surface area contributed by atoms with E-state index in [-0.39, 0.29) is 17.5 Å². The smallest absolute Gasteiger partial charge is 0.228 e. The summed E-state index contributed by atoms with van der Waals surface area (Å²) in [5.41, 5.74) is 5.98. The summed E-state index contributed by atoms with van der Waals surface area (Å²) in [5.74, 6) is 1.24. The van der Waals surface area contributed by atoms with Crippen LogP contribution < -0.4 is 11.1 Å². The molecule has 0 spiro atoms. The van der Waals surface area contributed by atoms with Gasteiger partial charge < -0.3 is 11.1 Å². The van der Waals surface area contributed by atoms with E-state index in [1.165, 1.54) is 12.1 Å². The van der Waals surface area contributed by atoms with Crippen LogP contribution in [0.4, 0.5) is 15.8 Å². The number of hydrogen-bond donors (Lipinski definition) is 2. The first-order valence-electron chi connectivity index (χ1n) is 5.10. The molecule has 0 bridgehead atoms. The molecule has 1 aromatic rings. The summed E-state index contributed by atoms with van der Waals surface area (Å²) in [6.07, 6.45) is 0.868. The number of benzene rings is 1. The van der Waals surface area contributed by atoms with E-state index in [2.05, 4.69) is 5.32 Å². The molecule has 5 heteroatoms. The van der Waals surface area contributed by atoms with Crippen molar-refractivity contribution in [1.82, 2.24) is 0 Å². The third-order valence-corrected chi connectivity index (χ3v) is 3.71. The van der Waals surface area contributed by atoms with Crippen LogP contribution in [0, 0.1) is 11.7 Å². The Morgan fingerprint density at radius 3 is 3.00 bits per heavy atom. The van der Waals surface area contributed by atoms with Crippen molar-refractivity contribution >= 4 is 29.0 Å². The lowest BCUT2D eigenvalue weighted by atomic mass is 10.1. The lowest BCUT2D eigenvalue weighted by Crippen LogP contribution is -2.22. The summed E-state index contributed by atoms with van der Waals surface area (Å²) in [6.45, 7) is 0. The Labute approximate surface area is 97.6 Å². The fraction of sp³-hybridized carbons (Fsp3) is 0.364. The molecule has 3 N–H and O–H groups in total. The SMILES string of the molecule is Nc1ccc(NC(=O)C2CCSC2)c(F)c1. The zero-order valence-corrected chi connectivity index (χ0v) is 9.52. The maximum absolute atomic E-state index is 13.4. The molecule has 0 radical (unpaired) electrons. The van der Waals surface area contributed by atoms with Crippen molar-refractivity contribution in [3.8, 4) is 0 Å². The van der Waals surface area contributed by atoms with Crippen LogP contribution in [0.3, 0.4) is 0 Å². The van der Waals surface area contributed by atoms with Gasteiger partial charge in [-0.05, 0) is 30.4 Å². The van der Waals surface area contributed by atoms with Crippen LogP contribution in [-0.4, -0.2) is 17.4 Å². The third-order valence-electron chi connectivity index (χ3n) is 2.55. The second-order valence-corrected chi connectivity index (χ2v) is 4.94. The van der Waals surface area contributed by atoms with E-state index < -0.39 is 5.82 Å². The van der Waals surface area contributed by atoms with Crippen molar-refractivity contribution in [3.05, 3.63) is 24.0 Å². The molecule has 0 saturated carbocycles. The van der Waals surface area contributed by atoms with Crippen molar-refractivity contribution in [2.24, 2.45) is 5.92 Å². The van der Waals surface area contributed by atoms with Gasteiger partial charge in [-0.15, -0.1) is 0 Å². The van der Waals surface area contributed by atoms with Crippen molar-refractivity contribution < 1.29 is 9.18 Å². The van der Waals surface area contributed by atoms with E-state index in [9.17, 15) is 9.18 Å². The molecule has 86 valence electrons. The largest absolute Gasteiger partial charge is 0.399 e. The molecule has 2 rings (SSSR count). The van der Waals surface area contributed by atoms with E-state index in [0.717, 1.165) is 17.9 Å². The number of nitrogens with one attached hydrogen (secondary N) is 1. The molecular weight excluding hydrogens is 227 g/mol. The predicted molar refractivity (Wildman–Crippen MR) is 64.9 cm³/mol. The lowest BCUT2D eigenvalue weighted by Gasteiger charge is -2.10. The summed E-state index contributed by atoms with van der Waals surface area (Å²) in [4.78, 5) is 11.7. The van der Waals surface area contributed by atoms with Gasteiger partial charge in [0.1, 0.15) is 5.82 Å². The molecule has 1 heterocycles. The molecule has 0 aliphatic carbocycles. The molecule has 1 aliphatic heterocycles. The first kappa shape index (κ1) is 11.3. The number of rotatable bonds is 2. The summed E-state index contributed by atoms with van der Waals surface area (Å²) in [6, 6.07) is 4.27. The van der Waals surface area contributed by atoms with E-state index >= 15 is 0 Å². The molecule has 1 amide bonds. The Morgan fingerprint density at radius 1 is 1.56 bits per heavy atom. The number of anilines is 2. The zero-order valence-electron chi connectivity index (χ0n) is 8.70. The van der Waals surface area contributed by atoms with Crippen LogP contribution in [0.1, 0.15) is 6.42 Å². The van der Waals surface area contributed by atoms with Gasteiger partial charge in [0.25, 0.3) is 0 Å². The van der Waals surface area contributed by atoms with Crippen LogP contribution in [0.25, 0.3) is 0 Å². The number of halogens is 1. The number of nitrogen functional groups attached to an aromatic ring is 1. The number of carbonyl (C=O) groups excluding carboxylic acids is 1. The topological polar surface area (TPSA) is 55.1 Å². The van der Waals surface area contributed by atoms with Crippen LogP contribution in [0.2, 0.25) is 0 Å². The molecule has 1 fully saturated rings. The number of nitrogens with two attached hydrogens (primary N) is 1. The number of hydrogen-bond acceptors (Lipinski definition) is 3. The highest BCUT2D eigenvalue weighted by molar-refractivity contribution is 7.99. The lowest BCUT2D eigenvalue weighted by molar-refractivity contribution is -0.119. The highest BCUT2D eigenvalue weighted by Crippen LogP contribution is 2.25. The Kier molecular flexibility index (Phi) is 3.33. The monoisotopic (exact) mass is 240 g/mol. The highest BCUT2D eigenvalue weighted by atomic mass is 32.2. The Balaban J connectivity index is 2.05. The molecule has 1 saturated heterocycles. The van der Waals surface area contributed by atoms with Gasteiger partial charge in [-0.2, -0.15) is 11.8 Å². The van der Waals surface area contributed by atoms with E-state index in [1.54, 1.807) is 17.8 Å². The number of carbonyl (C=O) groups is 1. The van der Waals surface area contributed by atoms with Gasteiger partial charge in [0.05, 0.1) is 5.69 Å². The molecule has 1 aromatic carbocycles. The summed E-state index contributed by atoms with van der Waals surface area (Å²) >= 11 is 1.75. The average molecular weight is 240 g/mol. The molecule has 0 aromatic heterocycles. The average Bonchev–Trinajstić information content (AvgIpc) is 2.75. The molecular formula is C11H13FN2OS. The second kappa shape index (κ2) is 4.74. The minimum Gasteiger partial charge on any atom is -0.399 e. The molecule has 1 atom stereocenters. The van der Waals surface area contributed by atoms with Crippen molar-refractivity contribution in [2.75, 3.05) is 22.6 Å². The highest BCUT2D eigenvalue weighted by Gasteiger charge is 2.23. The van der Waals surface area contributed by atoms with Gasteiger partial charge in [-0.25, -0.2) is 4.39 Å². The Bertz CT molecular complexity index is 405. The molecule has 3 nitrogen and oxygen atoms in total. The Hall–Kier alpha value is -1.23. The standard InChI is InChI=1S/C11H13FN2OS/c12-9-5-8(13)1-2-10(9)14-11(15)7-3-4-16-6-7/h1-2,5,7H,3-4,6,13H2,(H,14,15). The fourth-order valence-electron chi connectivity index (χ4n) is 1.61. The van der Waals surface area contributed by atoms with Crippen LogP contribution in [-0.2, 0) is 4.79 Å². The summed E-state index contributed by atoms with van der Waals surface area (Å²) in [7, 11) is 0. The van der Waals surface area contributed by atoms with E-state index in [4.69, 9.17) is 5.73 Å². The number of thioether (sulfide) groups is 1. The second-order valence-electron chi connectivity index (χ2n) is 3.79. The normalized spacial score (nSPS) is 19.7. The van der Waals surface area contributed by atoms with Gasteiger partial charge in [-0.1, -0.05) is 0 Å². The number of amides is 1. The van der Waals surface area contributed by atoms with Crippen molar-refractivity contribution in [3.63, 3.8) is 0 Å². The van der Waals surface area contributed by atoms with E-state index in [1.807, 2.05) is 0 Å². The summed E-state index contributed by atoms with van der Waals surface area (Å²) < 4.78 is 13.4. The first-order valence-corrected chi connectivity index (χ1v) is 6.26. The van der Waals surface area contributed by atoms with Crippen molar-refractivity contribution in [1.29, 1.82) is 0 Å². The van der Waals surface area contributed by atoms with E-state index in [0.29, 0.717) is 5.69 Å². The molecule has 1 aliphatic rings. The molecule has 16 heavy (non-hydrogen) atoms. The minimum atomic E-state index is -0.487. The van der Waals surface area contributed by atoms with Crippen LogP contribution >= 0.6 is 11.8 Å².